The van der Waals surface area contributed by atoms with E-state index in [1.54, 1.807) is 48.0 Å². The number of amides is 1. The van der Waals surface area contributed by atoms with Crippen molar-refractivity contribution in [1.82, 2.24) is 29.2 Å². The average molecular weight is 505 g/mol. The number of H-pyrrole nitrogens is 1. The zero-order valence-corrected chi connectivity index (χ0v) is 20.2. The van der Waals surface area contributed by atoms with E-state index >= 15 is 0 Å². The van der Waals surface area contributed by atoms with Crippen LogP contribution in [0, 0.1) is 0 Å². The molecule has 12 nitrogen and oxygen atoms in total. The fourth-order valence-corrected chi connectivity index (χ4v) is 4.58. The molecule has 1 saturated heterocycles. The number of nitrogens with zero attached hydrogens (tertiary/aromatic N) is 5. The van der Waals surface area contributed by atoms with Gasteiger partial charge in [0.05, 0.1) is 37.0 Å². The first-order valence-corrected chi connectivity index (χ1v) is 11.7. The topological polar surface area (TPSA) is 141 Å². The fourth-order valence-electron chi connectivity index (χ4n) is 4.58. The number of hydrogen-bond acceptors (Lipinski definition) is 8. The second-order valence-electron chi connectivity index (χ2n) is 8.49. The number of benzene rings is 1. The second-order valence-corrected chi connectivity index (χ2v) is 8.49. The third kappa shape index (κ3) is 4.37. The van der Waals surface area contributed by atoms with Crippen LogP contribution in [0.2, 0.25) is 0 Å². The lowest BCUT2D eigenvalue weighted by Gasteiger charge is -2.22. The van der Waals surface area contributed by atoms with Gasteiger partial charge < -0.3 is 18.9 Å². The highest BCUT2D eigenvalue weighted by Gasteiger charge is 2.41. The lowest BCUT2D eigenvalue weighted by atomic mass is 10.1. The minimum atomic E-state index is -0.795. The quantitative estimate of drug-likeness (QED) is 0.391. The number of aromatic amines is 1. The number of carbonyl (C=O) groups is 3. The molecule has 1 N–H and O–H groups in total. The van der Waals surface area contributed by atoms with Crippen molar-refractivity contribution >= 4 is 28.9 Å². The van der Waals surface area contributed by atoms with E-state index in [0.29, 0.717) is 16.6 Å². The fraction of sp³-hybridized carbons (Fsp3) is 0.280. The van der Waals surface area contributed by atoms with E-state index in [9.17, 15) is 19.2 Å². The molecule has 4 aromatic rings. The Hall–Kier alpha value is -4.74. The van der Waals surface area contributed by atoms with Crippen molar-refractivity contribution in [2.75, 3.05) is 20.3 Å². The molecule has 0 spiro atoms. The molecule has 4 heterocycles. The summed E-state index contributed by atoms with van der Waals surface area (Å²) in [6.45, 7) is 2.14. The molecule has 1 aliphatic heterocycles. The molecule has 190 valence electrons. The smallest absolute Gasteiger partial charge is 0.341 e. The Morgan fingerprint density at radius 1 is 1.14 bits per heavy atom. The van der Waals surface area contributed by atoms with Crippen molar-refractivity contribution in [2.24, 2.45) is 0 Å². The van der Waals surface area contributed by atoms with Crippen molar-refractivity contribution in [3.05, 3.63) is 76.5 Å². The Morgan fingerprint density at radius 3 is 2.65 bits per heavy atom. The number of nitrogens with one attached hydrogen (secondary N) is 1. The van der Waals surface area contributed by atoms with Crippen LogP contribution >= 0.6 is 0 Å². The second kappa shape index (κ2) is 9.72. The van der Waals surface area contributed by atoms with Crippen LogP contribution in [-0.2, 0) is 14.3 Å². The van der Waals surface area contributed by atoms with Crippen molar-refractivity contribution < 1.29 is 23.9 Å². The third-order valence-corrected chi connectivity index (χ3v) is 6.30. The molecule has 2 atom stereocenters. The number of rotatable bonds is 6. The van der Waals surface area contributed by atoms with Crippen molar-refractivity contribution in [3.8, 4) is 5.95 Å². The molecule has 1 fully saturated rings. The van der Waals surface area contributed by atoms with E-state index in [0.717, 1.165) is 0 Å². The maximum Gasteiger partial charge on any atom is 0.341 e. The summed E-state index contributed by atoms with van der Waals surface area (Å²) in [6, 6.07) is 9.22. The van der Waals surface area contributed by atoms with Crippen LogP contribution in [0.4, 0.5) is 0 Å². The van der Waals surface area contributed by atoms with Gasteiger partial charge in [0, 0.05) is 30.9 Å². The monoisotopic (exact) mass is 504 g/mol. The summed E-state index contributed by atoms with van der Waals surface area (Å²) in [5, 5.41) is 4.10. The van der Waals surface area contributed by atoms with Gasteiger partial charge in [0.15, 0.2) is 0 Å². The van der Waals surface area contributed by atoms with Crippen molar-refractivity contribution in [1.29, 1.82) is 0 Å². The molecule has 0 bridgehead atoms. The largest absolute Gasteiger partial charge is 0.467 e. The van der Waals surface area contributed by atoms with Crippen LogP contribution in [0.1, 0.15) is 40.1 Å². The molecule has 12 heteroatoms. The standard InChI is InChI=1S/C25H24N6O6/c1-3-37-23(34)16-12-26-31(13-16)25-27-18-9-10-29(20(18)21(32)28-25)17-11-19(24(35)36-2)30(14-17)22(33)15-7-5-4-6-8-15/h4-10,12-13,17,19H,3,11,14H2,1-2H3,(H,27,28,32)/t17-,19-/m0/s1. The Balaban J connectivity index is 1.46. The Morgan fingerprint density at radius 2 is 1.92 bits per heavy atom. The van der Waals surface area contributed by atoms with E-state index < -0.39 is 23.5 Å². The van der Waals surface area contributed by atoms with Gasteiger partial charge >= 0.3 is 11.9 Å². The molecular weight excluding hydrogens is 480 g/mol. The summed E-state index contributed by atoms with van der Waals surface area (Å²) in [7, 11) is 1.28. The lowest BCUT2D eigenvalue weighted by Crippen LogP contribution is -2.41. The predicted octanol–water partition coefficient (Wildman–Crippen LogP) is 1.72. The summed E-state index contributed by atoms with van der Waals surface area (Å²) < 4.78 is 12.9. The number of hydrogen-bond donors (Lipinski definition) is 1. The normalized spacial score (nSPS) is 17.2. The van der Waals surface area contributed by atoms with Gasteiger partial charge in [-0.3, -0.25) is 14.6 Å². The van der Waals surface area contributed by atoms with Gasteiger partial charge in [0.2, 0.25) is 5.95 Å². The van der Waals surface area contributed by atoms with Crippen LogP contribution in [0.25, 0.3) is 17.0 Å². The average Bonchev–Trinajstić information content (AvgIpc) is 3.66. The van der Waals surface area contributed by atoms with E-state index in [1.165, 1.54) is 29.1 Å². The molecule has 0 saturated carbocycles. The molecule has 5 rings (SSSR count). The molecule has 3 aromatic heterocycles. The molecule has 37 heavy (non-hydrogen) atoms. The number of carbonyl (C=O) groups excluding carboxylic acids is 3. The van der Waals surface area contributed by atoms with Gasteiger partial charge in [0.25, 0.3) is 11.5 Å². The maximum atomic E-state index is 13.2. The number of methoxy groups -OCH3 is 1. The van der Waals surface area contributed by atoms with Gasteiger partial charge in [-0.05, 0) is 25.1 Å². The van der Waals surface area contributed by atoms with Gasteiger partial charge in [-0.2, -0.15) is 5.10 Å². The van der Waals surface area contributed by atoms with E-state index in [1.807, 2.05) is 6.07 Å². The molecule has 1 amide bonds. The zero-order chi connectivity index (χ0) is 26.1. The highest BCUT2D eigenvalue weighted by atomic mass is 16.5. The third-order valence-electron chi connectivity index (χ3n) is 6.30. The van der Waals surface area contributed by atoms with Crippen LogP contribution in [0.3, 0.4) is 0 Å². The van der Waals surface area contributed by atoms with Gasteiger partial charge in [-0.25, -0.2) is 19.3 Å². The molecular formula is C25H24N6O6. The first kappa shape index (κ1) is 24.0. The zero-order valence-electron chi connectivity index (χ0n) is 20.2. The highest BCUT2D eigenvalue weighted by molar-refractivity contribution is 5.97. The number of aromatic nitrogens is 5. The Labute approximate surface area is 210 Å². The van der Waals surface area contributed by atoms with E-state index in [2.05, 4.69) is 15.1 Å². The number of ether oxygens (including phenoxy) is 2. The Bertz CT molecular complexity index is 1540. The summed E-state index contributed by atoms with van der Waals surface area (Å²) >= 11 is 0. The van der Waals surface area contributed by atoms with Crippen molar-refractivity contribution in [2.45, 2.75) is 25.4 Å². The van der Waals surface area contributed by atoms with Crippen LogP contribution in [0.5, 0.6) is 0 Å². The number of likely N-dealkylation sites (tertiary alicyclic amines) is 1. The van der Waals surface area contributed by atoms with Crippen LogP contribution in [0.15, 0.2) is 59.8 Å². The van der Waals surface area contributed by atoms with E-state index in [4.69, 9.17) is 9.47 Å². The molecule has 0 radical (unpaired) electrons. The van der Waals surface area contributed by atoms with Gasteiger partial charge in [-0.15, -0.1) is 0 Å². The summed E-state index contributed by atoms with van der Waals surface area (Å²) in [6.07, 6.45) is 4.73. The van der Waals surface area contributed by atoms with Gasteiger partial charge in [-0.1, -0.05) is 18.2 Å². The molecule has 0 unspecified atom stereocenters. The lowest BCUT2D eigenvalue weighted by molar-refractivity contribution is -0.145. The maximum absolute atomic E-state index is 13.2. The van der Waals surface area contributed by atoms with E-state index in [-0.39, 0.29) is 43.0 Å². The van der Waals surface area contributed by atoms with Crippen molar-refractivity contribution in [3.63, 3.8) is 0 Å². The molecule has 0 aliphatic carbocycles. The first-order valence-electron chi connectivity index (χ1n) is 11.7. The SMILES string of the molecule is CCOC(=O)c1cnn(-c2nc3ccn([C@H]4C[C@@H](C(=O)OC)N(C(=O)c5ccccc5)C4)c3c(=O)[nH]2)c1. The number of fused-ring (bicyclic) bond motifs is 1. The predicted molar refractivity (Wildman–Crippen MR) is 130 cm³/mol. The van der Waals surface area contributed by atoms with Gasteiger partial charge in [0.1, 0.15) is 11.6 Å². The number of esters is 2. The van der Waals surface area contributed by atoms with Crippen LogP contribution < -0.4 is 5.56 Å². The minimum absolute atomic E-state index is 0.130. The summed E-state index contributed by atoms with van der Waals surface area (Å²) in [4.78, 5) is 59.5. The summed E-state index contributed by atoms with van der Waals surface area (Å²) in [5.74, 6) is -1.21. The minimum Gasteiger partial charge on any atom is -0.467 e. The summed E-state index contributed by atoms with van der Waals surface area (Å²) in [5.41, 5.74) is 0.948. The molecule has 1 aromatic carbocycles. The Kier molecular flexibility index (Phi) is 6.30. The first-order chi connectivity index (χ1) is 17.9. The van der Waals surface area contributed by atoms with Crippen LogP contribution in [-0.4, -0.2) is 73.4 Å². The molecule has 1 aliphatic rings. The highest BCUT2D eigenvalue weighted by Crippen LogP contribution is 2.31.